The van der Waals surface area contributed by atoms with Crippen LogP contribution in [0.4, 0.5) is 11.4 Å². The Labute approximate surface area is 169 Å². The van der Waals surface area contributed by atoms with Crippen LogP contribution in [0, 0.1) is 17.0 Å². The number of rotatable bonds is 5. The van der Waals surface area contributed by atoms with Gasteiger partial charge < -0.3 is 5.32 Å². The third-order valence-electron chi connectivity index (χ3n) is 5.15. The highest BCUT2D eigenvalue weighted by Crippen LogP contribution is 2.26. The van der Waals surface area contributed by atoms with Gasteiger partial charge in [-0.3, -0.25) is 14.9 Å². The monoisotopic (exact) mass is 417 g/mol. The van der Waals surface area contributed by atoms with E-state index in [0.717, 1.165) is 19.3 Å². The van der Waals surface area contributed by atoms with Crippen LogP contribution in [0.3, 0.4) is 0 Å². The summed E-state index contributed by atoms with van der Waals surface area (Å²) in [5, 5.41) is 13.6. The minimum atomic E-state index is -3.61. The number of anilines is 1. The first-order chi connectivity index (χ1) is 13.7. The van der Waals surface area contributed by atoms with Crippen molar-refractivity contribution in [2.24, 2.45) is 0 Å². The number of amides is 1. The molecule has 0 saturated carbocycles. The molecule has 0 bridgehead atoms. The fourth-order valence-corrected chi connectivity index (χ4v) is 5.09. The van der Waals surface area contributed by atoms with Gasteiger partial charge in [0.05, 0.1) is 15.5 Å². The largest absolute Gasteiger partial charge is 0.321 e. The summed E-state index contributed by atoms with van der Waals surface area (Å²) < 4.78 is 27.3. The van der Waals surface area contributed by atoms with E-state index in [2.05, 4.69) is 5.32 Å². The highest BCUT2D eigenvalue weighted by molar-refractivity contribution is 7.89. The fourth-order valence-electron chi connectivity index (χ4n) is 3.40. The van der Waals surface area contributed by atoms with Gasteiger partial charge in [-0.25, -0.2) is 8.42 Å². The zero-order valence-corrected chi connectivity index (χ0v) is 17.1. The Morgan fingerprint density at radius 1 is 1.17 bits per heavy atom. The molecule has 1 N–H and O–H groups in total. The second-order valence-electron chi connectivity index (χ2n) is 7.20. The Kier molecular flexibility index (Phi) is 5.99. The van der Waals surface area contributed by atoms with Crippen LogP contribution in [-0.2, 0) is 10.0 Å². The van der Waals surface area contributed by atoms with E-state index in [1.54, 1.807) is 13.0 Å². The smallest absolute Gasteiger partial charge is 0.271 e. The second kappa shape index (κ2) is 8.30. The molecule has 2 aromatic carbocycles. The molecule has 2 aromatic rings. The molecule has 3 rings (SSSR count). The molecule has 1 fully saturated rings. The van der Waals surface area contributed by atoms with Crippen molar-refractivity contribution in [3.63, 3.8) is 0 Å². The van der Waals surface area contributed by atoms with Gasteiger partial charge in [0.15, 0.2) is 0 Å². The van der Waals surface area contributed by atoms with Crippen LogP contribution >= 0.6 is 0 Å². The molecule has 154 valence electrons. The summed E-state index contributed by atoms with van der Waals surface area (Å²) in [6, 6.07) is 9.91. The summed E-state index contributed by atoms with van der Waals surface area (Å²) >= 11 is 0. The Morgan fingerprint density at radius 2 is 1.86 bits per heavy atom. The molecular weight excluding hydrogens is 394 g/mol. The van der Waals surface area contributed by atoms with E-state index in [4.69, 9.17) is 0 Å². The molecule has 1 aliphatic heterocycles. The van der Waals surface area contributed by atoms with E-state index < -0.39 is 20.9 Å². The van der Waals surface area contributed by atoms with Crippen LogP contribution in [-0.4, -0.2) is 36.1 Å². The first-order valence-corrected chi connectivity index (χ1v) is 10.8. The summed E-state index contributed by atoms with van der Waals surface area (Å²) in [6.07, 6.45) is 2.69. The maximum atomic E-state index is 12.9. The average Bonchev–Trinajstić information content (AvgIpc) is 2.69. The van der Waals surface area contributed by atoms with Gasteiger partial charge in [0.2, 0.25) is 10.0 Å². The molecule has 0 aromatic heterocycles. The maximum absolute atomic E-state index is 12.9. The van der Waals surface area contributed by atoms with E-state index in [-0.39, 0.29) is 22.2 Å². The molecule has 9 heteroatoms. The Hall–Kier alpha value is -2.78. The summed E-state index contributed by atoms with van der Waals surface area (Å²) in [5.41, 5.74) is 1.16. The molecule has 1 unspecified atom stereocenters. The van der Waals surface area contributed by atoms with Gasteiger partial charge in [-0.15, -0.1) is 0 Å². The number of carbonyl (C=O) groups is 1. The van der Waals surface area contributed by atoms with E-state index in [1.165, 1.54) is 40.7 Å². The van der Waals surface area contributed by atoms with Crippen LogP contribution in [0.25, 0.3) is 0 Å². The Balaban J connectivity index is 1.79. The van der Waals surface area contributed by atoms with Crippen molar-refractivity contribution in [3.05, 3.63) is 63.7 Å². The standard InChI is InChI=1S/C20H23N3O5S/c1-14-6-9-17(23(25)26)13-19(14)21-20(24)16-7-10-18(11-8-16)29(27,28)22-12-4-3-5-15(22)2/h6-11,13,15H,3-5,12H2,1-2H3,(H,21,24). The van der Waals surface area contributed by atoms with Gasteiger partial charge >= 0.3 is 0 Å². The van der Waals surface area contributed by atoms with Crippen molar-refractivity contribution in [3.8, 4) is 0 Å². The molecule has 1 heterocycles. The number of piperidine rings is 1. The number of hydrogen-bond donors (Lipinski definition) is 1. The zero-order valence-electron chi connectivity index (χ0n) is 16.3. The number of nitro benzene ring substituents is 1. The molecule has 8 nitrogen and oxygen atoms in total. The van der Waals surface area contributed by atoms with Gasteiger partial charge in [0.1, 0.15) is 0 Å². The quantitative estimate of drug-likeness (QED) is 0.589. The third kappa shape index (κ3) is 4.46. The maximum Gasteiger partial charge on any atom is 0.271 e. The van der Waals surface area contributed by atoms with E-state index in [9.17, 15) is 23.3 Å². The number of aryl methyl sites for hydroxylation is 1. The van der Waals surface area contributed by atoms with Gasteiger partial charge in [-0.2, -0.15) is 4.31 Å². The van der Waals surface area contributed by atoms with Crippen molar-refractivity contribution in [1.29, 1.82) is 0 Å². The van der Waals surface area contributed by atoms with Crippen molar-refractivity contribution in [1.82, 2.24) is 4.31 Å². The number of carbonyl (C=O) groups excluding carboxylic acids is 1. The van der Waals surface area contributed by atoms with Crippen molar-refractivity contribution in [2.45, 2.75) is 44.0 Å². The number of non-ortho nitro benzene ring substituents is 1. The molecule has 1 atom stereocenters. The number of sulfonamides is 1. The topological polar surface area (TPSA) is 110 Å². The van der Waals surface area contributed by atoms with Crippen molar-refractivity contribution in [2.75, 3.05) is 11.9 Å². The number of nitrogens with zero attached hydrogens (tertiary/aromatic N) is 2. The lowest BCUT2D eigenvalue weighted by Gasteiger charge is -2.32. The minimum Gasteiger partial charge on any atom is -0.321 e. The first-order valence-electron chi connectivity index (χ1n) is 9.38. The van der Waals surface area contributed by atoms with Crippen molar-refractivity contribution < 1.29 is 18.1 Å². The van der Waals surface area contributed by atoms with Gasteiger partial charge in [0, 0.05) is 30.3 Å². The predicted molar refractivity (Wildman–Crippen MR) is 109 cm³/mol. The molecular formula is C20H23N3O5S. The van der Waals surface area contributed by atoms with Crippen molar-refractivity contribution >= 4 is 27.3 Å². The molecule has 1 saturated heterocycles. The van der Waals surface area contributed by atoms with Crippen LogP contribution < -0.4 is 5.32 Å². The predicted octanol–water partition coefficient (Wildman–Crippen LogP) is 3.72. The number of nitrogens with one attached hydrogen (secondary N) is 1. The second-order valence-corrected chi connectivity index (χ2v) is 9.09. The lowest BCUT2D eigenvalue weighted by molar-refractivity contribution is -0.384. The molecule has 0 radical (unpaired) electrons. The summed E-state index contributed by atoms with van der Waals surface area (Å²) in [6.45, 7) is 4.13. The Bertz CT molecular complexity index is 1030. The van der Waals surface area contributed by atoms with Crippen LogP contribution in [0.1, 0.15) is 42.1 Å². The Morgan fingerprint density at radius 3 is 2.48 bits per heavy atom. The SMILES string of the molecule is Cc1ccc([N+](=O)[O-])cc1NC(=O)c1ccc(S(=O)(=O)N2CCCCC2C)cc1. The normalized spacial score (nSPS) is 17.7. The van der Waals surface area contributed by atoms with Gasteiger partial charge in [0.25, 0.3) is 11.6 Å². The van der Waals surface area contributed by atoms with E-state index in [1.807, 2.05) is 6.92 Å². The lowest BCUT2D eigenvalue weighted by atomic mass is 10.1. The van der Waals surface area contributed by atoms with E-state index >= 15 is 0 Å². The fraction of sp³-hybridized carbons (Fsp3) is 0.350. The zero-order chi connectivity index (χ0) is 21.2. The average molecular weight is 417 g/mol. The first kappa shape index (κ1) is 20.9. The summed E-state index contributed by atoms with van der Waals surface area (Å²) in [5.74, 6) is -0.469. The third-order valence-corrected chi connectivity index (χ3v) is 7.17. The summed E-state index contributed by atoms with van der Waals surface area (Å²) in [4.78, 5) is 23.1. The highest BCUT2D eigenvalue weighted by atomic mass is 32.2. The van der Waals surface area contributed by atoms with E-state index in [0.29, 0.717) is 17.8 Å². The molecule has 1 amide bonds. The lowest BCUT2D eigenvalue weighted by Crippen LogP contribution is -2.41. The molecule has 0 aliphatic carbocycles. The van der Waals surface area contributed by atoms with Crippen LogP contribution in [0.5, 0.6) is 0 Å². The van der Waals surface area contributed by atoms with Crippen LogP contribution in [0.2, 0.25) is 0 Å². The minimum absolute atomic E-state index is 0.0476. The van der Waals surface area contributed by atoms with Gasteiger partial charge in [-0.1, -0.05) is 12.5 Å². The highest BCUT2D eigenvalue weighted by Gasteiger charge is 2.30. The summed E-state index contributed by atoms with van der Waals surface area (Å²) in [7, 11) is -3.61. The number of nitro groups is 1. The number of benzene rings is 2. The van der Waals surface area contributed by atoms with Crippen LogP contribution in [0.15, 0.2) is 47.4 Å². The van der Waals surface area contributed by atoms with Gasteiger partial charge in [-0.05, 0) is 56.5 Å². The molecule has 0 spiro atoms. The molecule has 1 aliphatic rings. The molecule has 29 heavy (non-hydrogen) atoms. The number of hydrogen-bond acceptors (Lipinski definition) is 5.